The van der Waals surface area contributed by atoms with Gasteiger partial charge < -0.3 is 14.8 Å². The number of aryl methyl sites for hydroxylation is 3. The zero-order chi connectivity index (χ0) is 30.9. The van der Waals surface area contributed by atoms with Crippen LogP contribution in [0.15, 0.2) is 97.1 Å². The van der Waals surface area contributed by atoms with Crippen LogP contribution >= 0.6 is 11.6 Å². The number of piperazine rings is 1. The molecule has 0 spiro atoms. The summed E-state index contributed by atoms with van der Waals surface area (Å²) in [5.41, 5.74) is 7.72. The molecule has 0 radical (unpaired) electrons. The molecule has 44 heavy (non-hydrogen) atoms. The van der Waals surface area contributed by atoms with Crippen molar-refractivity contribution in [1.29, 1.82) is 0 Å². The number of ether oxygens (including phenoxy) is 2. The Bertz CT molecular complexity index is 1480. The SMILES string of the molecule is Cc1cc(C)cc(OCC2CNC(=O)O2)c1.Cc1cccc(CN2CCN(C(c3ccccc3)c3ccc(Cl)cc3)CC2)c1. The van der Waals surface area contributed by atoms with Gasteiger partial charge in [0.15, 0.2) is 6.10 Å². The van der Waals surface area contributed by atoms with Crippen molar-refractivity contribution in [2.75, 3.05) is 39.3 Å². The van der Waals surface area contributed by atoms with Crippen LogP contribution < -0.4 is 10.1 Å². The molecule has 2 aliphatic heterocycles. The summed E-state index contributed by atoms with van der Waals surface area (Å²) in [6.45, 7) is 12.5. The van der Waals surface area contributed by atoms with Crippen molar-refractivity contribution in [2.45, 2.75) is 39.5 Å². The summed E-state index contributed by atoms with van der Waals surface area (Å²) in [4.78, 5) is 16.0. The third-order valence-electron chi connectivity index (χ3n) is 7.94. The van der Waals surface area contributed by atoms with Crippen LogP contribution in [0.2, 0.25) is 5.02 Å². The van der Waals surface area contributed by atoms with Gasteiger partial charge in [0.1, 0.15) is 12.4 Å². The number of hydrogen-bond donors (Lipinski definition) is 1. The molecule has 0 saturated carbocycles. The molecule has 6 rings (SSSR count). The molecule has 2 saturated heterocycles. The Morgan fingerprint density at radius 1 is 0.818 bits per heavy atom. The fourth-order valence-electron chi connectivity index (χ4n) is 5.87. The van der Waals surface area contributed by atoms with Gasteiger partial charge in [-0.25, -0.2) is 4.79 Å². The molecule has 2 atom stereocenters. The average molecular weight is 612 g/mol. The van der Waals surface area contributed by atoms with E-state index in [1.54, 1.807) is 0 Å². The van der Waals surface area contributed by atoms with Crippen molar-refractivity contribution in [3.05, 3.63) is 135 Å². The van der Waals surface area contributed by atoms with E-state index in [0.717, 1.165) is 54.6 Å². The molecule has 230 valence electrons. The maximum atomic E-state index is 10.8. The lowest BCUT2D eigenvalue weighted by atomic mass is 9.96. The number of amides is 1. The third-order valence-corrected chi connectivity index (χ3v) is 8.19. The quantitative estimate of drug-likeness (QED) is 0.226. The van der Waals surface area contributed by atoms with Crippen molar-refractivity contribution < 1.29 is 14.3 Å². The predicted octanol–water partition coefficient (Wildman–Crippen LogP) is 7.35. The summed E-state index contributed by atoms with van der Waals surface area (Å²) in [6.07, 6.45) is -0.553. The first-order valence-electron chi connectivity index (χ1n) is 15.3. The van der Waals surface area contributed by atoms with Crippen LogP contribution in [-0.4, -0.2) is 61.3 Å². The van der Waals surface area contributed by atoms with Crippen LogP contribution in [-0.2, 0) is 11.3 Å². The van der Waals surface area contributed by atoms with E-state index in [4.69, 9.17) is 21.1 Å². The van der Waals surface area contributed by atoms with Gasteiger partial charge in [-0.3, -0.25) is 9.80 Å². The van der Waals surface area contributed by atoms with Gasteiger partial charge in [0.25, 0.3) is 0 Å². The smallest absolute Gasteiger partial charge is 0.407 e. The lowest BCUT2D eigenvalue weighted by Crippen LogP contribution is -2.47. The topological polar surface area (TPSA) is 54.0 Å². The van der Waals surface area contributed by atoms with E-state index in [0.29, 0.717) is 13.2 Å². The molecule has 0 aliphatic carbocycles. The highest BCUT2D eigenvalue weighted by Crippen LogP contribution is 2.30. The monoisotopic (exact) mass is 611 g/mol. The molecular formula is C37H42ClN3O3. The second-order valence-electron chi connectivity index (χ2n) is 11.7. The number of benzene rings is 4. The summed E-state index contributed by atoms with van der Waals surface area (Å²) >= 11 is 6.14. The molecule has 0 aromatic heterocycles. The molecule has 7 heteroatoms. The predicted molar refractivity (Wildman–Crippen MR) is 177 cm³/mol. The number of cyclic esters (lactones) is 1. The maximum absolute atomic E-state index is 10.8. The summed E-state index contributed by atoms with van der Waals surface area (Å²) in [6, 6.07) is 34.3. The molecule has 1 amide bonds. The van der Waals surface area contributed by atoms with Gasteiger partial charge in [0.05, 0.1) is 12.6 Å². The number of carbonyl (C=O) groups is 1. The van der Waals surface area contributed by atoms with Crippen molar-refractivity contribution >= 4 is 17.7 Å². The second kappa shape index (κ2) is 15.2. The Kier molecular flexibility index (Phi) is 10.9. The number of nitrogens with one attached hydrogen (secondary N) is 1. The van der Waals surface area contributed by atoms with Crippen molar-refractivity contribution in [3.63, 3.8) is 0 Å². The summed E-state index contributed by atoms with van der Waals surface area (Å²) in [7, 11) is 0. The van der Waals surface area contributed by atoms with Gasteiger partial charge in [-0.05, 0) is 72.9 Å². The van der Waals surface area contributed by atoms with Gasteiger partial charge in [0, 0.05) is 37.7 Å². The molecule has 6 nitrogen and oxygen atoms in total. The van der Waals surface area contributed by atoms with Crippen LogP contribution in [0.4, 0.5) is 4.79 Å². The molecule has 1 N–H and O–H groups in total. The Hall–Kier alpha value is -3.84. The molecule has 4 aromatic carbocycles. The van der Waals surface area contributed by atoms with Gasteiger partial charge in [-0.15, -0.1) is 0 Å². The second-order valence-corrected chi connectivity index (χ2v) is 12.1. The highest BCUT2D eigenvalue weighted by atomic mass is 35.5. The Morgan fingerprint density at radius 2 is 1.50 bits per heavy atom. The number of nitrogens with zero attached hydrogens (tertiary/aromatic N) is 2. The minimum atomic E-state index is -0.367. The van der Waals surface area contributed by atoms with E-state index >= 15 is 0 Å². The van der Waals surface area contributed by atoms with Gasteiger partial charge in [-0.1, -0.05) is 90.0 Å². The normalized spacial score (nSPS) is 17.6. The highest BCUT2D eigenvalue weighted by Gasteiger charge is 2.26. The van der Waals surface area contributed by atoms with Crippen LogP contribution in [0.5, 0.6) is 5.75 Å². The van der Waals surface area contributed by atoms with E-state index in [9.17, 15) is 4.79 Å². The first kappa shape index (κ1) is 31.6. The lowest BCUT2D eigenvalue weighted by Gasteiger charge is -2.40. The fourth-order valence-corrected chi connectivity index (χ4v) is 6.00. The van der Waals surface area contributed by atoms with Crippen molar-refractivity contribution in [2.24, 2.45) is 0 Å². The summed E-state index contributed by atoms with van der Waals surface area (Å²) in [5.74, 6) is 0.820. The number of alkyl carbamates (subject to hydrolysis) is 1. The van der Waals surface area contributed by atoms with Gasteiger partial charge in [0.2, 0.25) is 0 Å². The molecule has 4 aromatic rings. The van der Waals surface area contributed by atoms with E-state index in [1.165, 1.54) is 22.3 Å². The maximum Gasteiger partial charge on any atom is 0.407 e. The Labute approximate surface area is 266 Å². The number of rotatable bonds is 8. The van der Waals surface area contributed by atoms with Crippen LogP contribution in [0.1, 0.15) is 39.4 Å². The lowest BCUT2D eigenvalue weighted by molar-refractivity contribution is 0.105. The first-order valence-corrected chi connectivity index (χ1v) is 15.7. The van der Waals surface area contributed by atoms with Crippen LogP contribution in [0.3, 0.4) is 0 Å². The zero-order valence-electron chi connectivity index (χ0n) is 25.8. The summed E-state index contributed by atoms with van der Waals surface area (Å²) in [5, 5.41) is 3.38. The minimum Gasteiger partial charge on any atom is -0.490 e. The minimum absolute atomic E-state index is 0.187. The van der Waals surface area contributed by atoms with E-state index in [1.807, 2.05) is 38.1 Å². The highest BCUT2D eigenvalue weighted by molar-refractivity contribution is 6.30. The van der Waals surface area contributed by atoms with Crippen molar-refractivity contribution in [3.8, 4) is 5.75 Å². The van der Waals surface area contributed by atoms with Crippen molar-refractivity contribution in [1.82, 2.24) is 15.1 Å². The molecule has 2 unspecified atom stereocenters. The van der Waals surface area contributed by atoms with Crippen LogP contribution in [0, 0.1) is 20.8 Å². The number of hydrogen-bond acceptors (Lipinski definition) is 5. The Morgan fingerprint density at radius 3 is 2.14 bits per heavy atom. The summed E-state index contributed by atoms with van der Waals surface area (Å²) < 4.78 is 10.6. The first-order chi connectivity index (χ1) is 21.3. The van der Waals surface area contributed by atoms with Gasteiger partial charge in [-0.2, -0.15) is 0 Å². The molecular weight excluding hydrogens is 570 g/mol. The van der Waals surface area contributed by atoms with E-state index in [2.05, 4.69) is 94.8 Å². The molecule has 2 aliphatic rings. The molecule has 2 heterocycles. The zero-order valence-corrected chi connectivity index (χ0v) is 26.6. The largest absolute Gasteiger partial charge is 0.490 e. The number of halogens is 1. The van der Waals surface area contributed by atoms with Gasteiger partial charge >= 0.3 is 6.09 Å². The van der Waals surface area contributed by atoms with E-state index in [-0.39, 0.29) is 18.2 Å². The average Bonchev–Trinajstić information content (AvgIpc) is 3.43. The van der Waals surface area contributed by atoms with Crippen LogP contribution in [0.25, 0.3) is 0 Å². The Balaban J connectivity index is 0.000000204. The molecule has 0 bridgehead atoms. The number of carbonyl (C=O) groups excluding carboxylic acids is 1. The van der Waals surface area contributed by atoms with E-state index < -0.39 is 0 Å². The fraction of sp³-hybridized carbons (Fsp3) is 0.324. The molecule has 2 fully saturated rings. The standard InChI is InChI=1S/C25H27ClN2.C12H15NO3/c1-20-6-5-7-21(18-20)19-27-14-16-28(17-15-27)25(22-8-3-2-4-9-22)23-10-12-24(26)13-11-23;1-8-3-9(2)5-10(4-8)15-7-11-6-13-12(14)16-11/h2-13,18,25H,14-17,19H2,1H3;3-5,11H,6-7H2,1-2H3,(H,13,14). The third kappa shape index (κ3) is 9.08.